The number of hydrogen-bond acceptors (Lipinski definition) is 3. The minimum Gasteiger partial charge on any atom is -0.257 e. The van der Waals surface area contributed by atoms with Gasteiger partial charge in [-0.25, -0.2) is 9.97 Å². The van der Waals surface area contributed by atoms with E-state index in [2.05, 4.69) is 15.0 Å². The van der Waals surface area contributed by atoms with Crippen molar-refractivity contribution >= 4 is 35.4 Å². The fraction of sp³-hybridized carbons (Fsp3) is 0. The molecule has 0 saturated carbocycles. The molecular weight excluding hydrogens is 245 g/mol. The SMILES string of the molecule is Clc1cc(C=Cc2ccccn2)nc(Cl)n1. The third kappa shape index (κ3) is 3.02. The van der Waals surface area contributed by atoms with E-state index >= 15 is 0 Å². The van der Waals surface area contributed by atoms with Gasteiger partial charge in [-0.3, -0.25) is 4.98 Å². The van der Waals surface area contributed by atoms with Crippen LogP contribution in [-0.2, 0) is 0 Å². The van der Waals surface area contributed by atoms with E-state index in [0.29, 0.717) is 10.8 Å². The van der Waals surface area contributed by atoms with Crippen molar-refractivity contribution in [3.8, 4) is 0 Å². The molecule has 5 heteroatoms. The number of rotatable bonds is 2. The molecule has 0 aliphatic heterocycles. The van der Waals surface area contributed by atoms with Crippen molar-refractivity contribution in [3.63, 3.8) is 0 Å². The molecule has 2 aromatic rings. The lowest BCUT2D eigenvalue weighted by molar-refractivity contribution is 1.15. The smallest absolute Gasteiger partial charge is 0.224 e. The third-order valence-electron chi connectivity index (χ3n) is 1.80. The van der Waals surface area contributed by atoms with Gasteiger partial charge in [0.2, 0.25) is 5.28 Å². The number of hydrogen-bond donors (Lipinski definition) is 0. The first-order valence-corrected chi connectivity index (χ1v) is 5.29. The van der Waals surface area contributed by atoms with Crippen LogP contribution >= 0.6 is 23.2 Å². The van der Waals surface area contributed by atoms with E-state index in [0.717, 1.165) is 5.69 Å². The summed E-state index contributed by atoms with van der Waals surface area (Å²) >= 11 is 11.4. The normalized spacial score (nSPS) is 10.9. The molecule has 2 rings (SSSR count). The van der Waals surface area contributed by atoms with Crippen LogP contribution in [0.3, 0.4) is 0 Å². The van der Waals surface area contributed by atoms with Gasteiger partial charge in [-0.05, 0) is 35.9 Å². The molecule has 2 heterocycles. The molecule has 2 aromatic heterocycles. The van der Waals surface area contributed by atoms with E-state index in [1.807, 2.05) is 24.3 Å². The highest BCUT2D eigenvalue weighted by atomic mass is 35.5. The molecule has 16 heavy (non-hydrogen) atoms. The topological polar surface area (TPSA) is 38.7 Å². The fourth-order valence-electron chi connectivity index (χ4n) is 1.14. The highest BCUT2D eigenvalue weighted by Gasteiger charge is 1.97. The van der Waals surface area contributed by atoms with Gasteiger partial charge in [-0.1, -0.05) is 17.7 Å². The summed E-state index contributed by atoms with van der Waals surface area (Å²) in [6.07, 6.45) is 5.33. The molecule has 0 radical (unpaired) electrons. The Morgan fingerprint density at radius 3 is 2.50 bits per heavy atom. The number of halogens is 2. The summed E-state index contributed by atoms with van der Waals surface area (Å²) in [5, 5.41) is 0.453. The van der Waals surface area contributed by atoms with Crippen molar-refractivity contribution in [3.05, 3.63) is 52.3 Å². The predicted octanol–water partition coefficient (Wildman–Crippen LogP) is 3.35. The summed E-state index contributed by atoms with van der Waals surface area (Å²) in [4.78, 5) is 11.9. The van der Waals surface area contributed by atoms with Crippen LogP contribution in [-0.4, -0.2) is 15.0 Å². The second kappa shape index (κ2) is 5.05. The van der Waals surface area contributed by atoms with E-state index in [4.69, 9.17) is 23.2 Å². The summed E-state index contributed by atoms with van der Waals surface area (Å²) in [6, 6.07) is 7.29. The molecule has 0 amide bonds. The Morgan fingerprint density at radius 1 is 1.00 bits per heavy atom. The molecule has 80 valence electrons. The minimum absolute atomic E-state index is 0.133. The molecule has 0 aromatic carbocycles. The first kappa shape index (κ1) is 11.0. The third-order valence-corrected chi connectivity index (χ3v) is 2.16. The monoisotopic (exact) mass is 251 g/mol. The van der Waals surface area contributed by atoms with Crippen LogP contribution in [0.4, 0.5) is 0 Å². The van der Waals surface area contributed by atoms with Crippen molar-refractivity contribution < 1.29 is 0 Å². The Hall–Kier alpha value is -1.45. The quantitative estimate of drug-likeness (QED) is 0.607. The lowest BCUT2D eigenvalue weighted by Gasteiger charge is -1.95. The zero-order valence-corrected chi connectivity index (χ0v) is 9.65. The Balaban J connectivity index is 2.24. The first-order valence-electron chi connectivity index (χ1n) is 4.53. The van der Waals surface area contributed by atoms with Crippen molar-refractivity contribution in [1.82, 2.24) is 15.0 Å². The lowest BCUT2D eigenvalue weighted by atomic mass is 10.3. The zero-order chi connectivity index (χ0) is 11.4. The van der Waals surface area contributed by atoms with Gasteiger partial charge in [0.25, 0.3) is 0 Å². The lowest BCUT2D eigenvalue weighted by Crippen LogP contribution is -1.86. The van der Waals surface area contributed by atoms with Gasteiger partial charge in [-0.2, -0.15) is 0 Å². The van der Waals surface area contributed by atoms with E-state index in [1.54, 1.807) is 18.3 Å². The van der Waals surface area contributed by atoms with Crippen LogP contribution in [0.5, 0.6) is 0 Å². The summed E-state index contributed by atoms with van der Waals surface area (Å²) in [5.74, 6) is 0. The second-order valence-electron chi connectivity index (χ2n) is 2.97. The Kier molecular flexibility index (Phi) is 3.49. The summed E-state index contributed by atoms with van der Waals surface area (Å²) in [6.45, 7) is 0. The largest absolute Gasteiger partial charge is 0.257 e. The maximum absolute atomic E-state index is 5.75. The molecule has 0 aliphatic carbocycles. The van der Waals surface area contributed by atoms with E-state index in [1.165, 1.54) is 0 Å². The van der Waals surface area contributed by atoms with Gasteiger partial charge < -0.3 is 0 Å². The molecule has 0 N–H and O–H groups in total. The molecule has 0 fully saturated rings. The van der Waals surface area contributed by atoms with Gasteiger partial charge in [0.15, 0.2) is 0 Å². The fourth-order valence-corrected chi connectivity index (χ4v) is 1.56. The van der Waals surface area contributed by atoms with Gasteiger partial charge >= 0.3 is 0 Å². The van der Waals surface area contributed by atoms with Crippen LogP contribution in [0.15, 0.2) is 30.5 Å². The predicted molar refractivity (Wildman–Crippen MR) is 65.2 cm³/mol. The average molecular weight is 252 g/mol. The average Bonchev–Trinajstić information content (AvgIpc) is 2.27. The highest BCUT2D eigenvalue weighted by Crippen LogP contribution is 2.12. The van der Waals surface area contributed by atoms with Crippen molar-refractivity contribution in [2.45, 2.75) is 0 Å². The van der Waals surface area contributed by atoms with Crippen LogP contribution in [0.25, 0.3) is 12.2 Å². The molecular formula is C11H7Cl2N3. The van der Waals surface area contributed by atoms with Gasteiger partial charge in [0.05, 0.1) is 11.4 Å². The van der Waals surface area contributed by atoms with Crippen LogP contribution in [0.1, 0.15) is 11.4 Å². The van der Waals surface area contributed by atoms with E-state index in [9.17, 15) is 0 Å². The molecule has 3 nitrogen and oxygen atoms in total. The number of aromatic nitrogens is 3. The van der Waals surface area contributed by atoms with Crippen molar-refractivity contribution in [2.24, 2.45) is 0 Å². The molecule has 0 unspecified atom stereocenters. The number of pyridine rings is 1. The van der Waals surface area contributed by atoms with Crippen molar-refractivity contribution in [1.29, 1.82) is 0 Å². The number of nitrogens with zero attached hydrogens (tertiary/aromatic N) is 3. The van der Waals surface area contributed by atoms with E-state index in [-0.39, 0.29) is 5.28 Å². The summed E-state index contributed by atoms with van der Waals surface area (Å²) < 4.78 is 0. The molecule has 0 atom stereocenters. The van der Waals surface area contributed by atoms with Gasteiger partial charge in [0.1, 0.15) is 5.15 Å². The maximum atomic E-state index is 5.75. The highest BCUT2D eigenvalue weighted by molar-refractivity contribution is 6.31. The zero-order valence-electron chi connectivity index (χ0n) is 8.14. The van der Waals surface area contributed by atoms with Crippen LogP contribution in [0, 0.1) is 0 Å². The molecule has 0 aliphatic rings. The van der Waals surface area contributed by atoms with Crippen LogP contribution < -0.4 is 0 Å². The molecule has 0 spiro atoms. The van der Waals surface area contributed by atoms with Gasteiger partial charge in [0, 0.05) is 12.3 Å². The Bertz CT molecular complexity index is 492. The standard InChI is InChI=1S/C11H7Cl2N3/c12-10-7-9(15-11(13)16-10)5-4-8-3-1-2-6-14-8/h1-7H. The second-order valence-corrected chi connectivity index (χ2v) is 3.70. The minimum atomic E-state index is 0.133. The summed E-state index contributed by atoms with van der Waals surface area (Å²) in [7, 11) is 0. The molecule has 0 bridgehead atoms. The van der Waals surface area contributed by atoms with Gasteiger partial charge in [-0.15, -0.1) is 0 Å². The van der Waals surface area contributed by atoms with Crippen LogP contribution in [0.2, 0.25) is 10.4 Å². The first-order chi connectivity index (χ1) is 7.74. The molecule has 0 saturated heterocycles. The van der Waals surface area contributed by atoms with E-state index < -0.39 is 0 Å². The summed E-state index contributed by atoms with van der Waals surface area (Å²) in [5.41, 5.74) is 1.49. The van der Waals surface area contributed by atoms with Crippen molar-refractivity contribution in [2.75, 3.05) is 0 Å². The Morgan fingerprint density at radius 2 is 1.81 bits per heavy atom. The maximum Gasteiger partial charge on any atom is 0.224 e. The Labute approximate surface area is 103 Å².